The summed E-state index contributed by atoms with van der Waals surface area (Å²) >= 11 is 8.00. The van der Waals surface area contributed by atoms with Gasteiger partial charge in [-0.1, -0.05) is 80.5 Å². The molecule has 0 fully saturated rings. The van der Waals surface area contributed by atoms with Gasteiger partial charge in [0.2, 0.25) is 0 Å². The highest BCUT2D eigenvalue weighted by Crippen LogP contribution is 2.48. The molecule has 0 atom stereocenters. The molecule has 2 aromatic carbocycles. The van der Waals surface area contributed by atoms with Crippen molar-refractivity contribution in [3.8, 4) is 0 Å². The van der Waals surface area contributed by atoms with Gasteiger partial charge >= 0.3 is 18.3 Å². The molecule has 1 heterocycles. The number of alkyl halides is 8. The second kappa shape index (κ2) is 16.9. The van der Waals surface area contributed by atoms with Gasteiger partial charge in [-0.15, -0.1) is 11.8 Å². The Morgan fingerprint density at radius 3 is 2.07 bits per heavy atom. The molecular weight excluding hydrogens is 648 g/mol. The van der Waals surface area contributed by atoms with E-state index in [2.05, 4.69) is 27.9 Å². The van der Waals surface area contributed by atoms with Crippen molar-refractivity contribution in [3.05, 3.63) is 76.1 Å². The molecule has 250 valence electrons. The minimum Gasteiger partial charge on any atom is -0.385 e. The number of halogens is 9. The van der Waals surface area contributed by atoms with E-state index in [-0.39, 0.29) is 12.8 Å². The van der Waals surface area contributed by atoms with Crippen molar-refractivity contribution in [3.63, 3.8) is 0 Å². The molecule has 4 nitrogen and oxygen atoms in total. The van der Waals surface area contributed by atoms with Gasteiger partial charge in [-0.3, -0.25) is 4.68 Å². The van der Waals surface area contributed by atoms with Crippen LogP contribution in [-0.4, -0.2) is 28.4 Å². The smallest absolute Gasteiger partial charge is 0.385 e. The summed E-state index contributed by atoms with van der Waals surface area (Å²) in [5.74, 6) is -4.99. The summed E-state index contributed by atoms with van der Waals surface area (Å²) in [5, 5.41) is 10.4. The van der Waals surface area contributed by atoms with Gasteiger partial charge in [0.1, 0.15) is 5.56 Å². The van der Waals surface area contributed by atoms with E-state index in [1.54, 1.807) is 11.8 Å². The Hall–Kier alpha value is -2.51. The highest BCUT2D eigenvalue weighted by molar-refractivity contribution is 7.99. The SMILES string of the molecule is Cn1nc(C(F)(F)C(F)(F)F)c(C(F)(F)F)c1CCCCCCCCCCNc1ccc(Cl)c(SCNCc2ccccc2)c1. The molecule has 0 bridgehead atoms. The van der Waals surface area contributed by atoms with Gasteiger partial charge in [0.15, 0.2) is 5.69 Å². The zero-order valence-corrected chi connectivity index (χ0v) is 26.4. The first kappa shape index (κ1) is 37.0. The Morgan fingerprint density at radius 1 is 0.822 bits per heavy atom. The summed E-state index contributed by atoms with van der Waals surface area (Å²) in [4.78, 5) is 0.986. The number of thioether (sulfide) groups is 1. The highest BCUT2D eigenvalue weighted by Gasteiger charge is 2.63. The number of aryl methyl sites for hydroxylation is 1. The second-order valence-electron chi connectivity index (χ2n) is 10.7. The lowest BCUT2D eigenvalue weighted by molar-refractivity contribution is -0.292. The number of nitrogens with zero attached hydrogens (tertiary/aromatic N) is 2. The number of nitrogens with one attached hydrogen (secondary N) is 2. The lowest BCUT2D eigenvalue weighted by atomic mass is 10.0. The molecule has 0 aliphatic rings. The lowest BCUT2D eigenvalue weighted by Gasteiger charge is -2.19. The van der Waals surface area contributed by atoms with Crippen molar-refractivity contribution in [1.82, 2.24) is 15.1 Å². The molecular formula is C31H37ClF8N4S. The molecule has 3 aromatic rings. The molecule has 1 aromatic heterocycles. The van der Waals surface area contributed by atoms with Gasteiger partial charge in [-0.25, -0.2) is 0 Å². The topological polar surface area (TPSA) is 41.9 Å². The van der Waals surface area contributed by atoms with E-state index < -0.39 is 35.2 Å². The quantitative estimate of drug-likeness (QED) is 0.0606. The molecule has 0 amide bonds. The monoisotopic (exact) mass is 684 g/mol. The van der Waals surface area contributed by atoms with Crippen LogP contribution in [0, 0.1) is 0 Å². The standard InChI is InChI=1S/C31H37ClF8N4S/c1-44-25(27(30(35,36)37)28(43-44)29(33,34)31(38,39)40)15-11-6-4-2-3-5-7-12-18-42-23-16-17-24(32)26(19-23)45-21-41-20-22-13-9-8-10-14-22/h8-10,13-14,16-17,19,41-42H,2-7,11-12,15,18,20-21H2,1H3. The average molecular weight is 685 g/mol. The number of hydrogen-bond acceptors (Lipinski definition) is 4. The van der Waals surface area contributed by atoms with Gasteiger partial charge in [0, 0.05) is 36.6 Å². The fourth-order valence-corrected chi connectivity index (χ4v) is 5.91. The zero-order valence-electron chi connectivity index (χ0n) is 24.8. The van der Waals surface area contributed by atoms with Gasteiger partial charge < -0.3 is 10.6 Å². The molecule has 0 unspecified atom stereocenters. The third kappa shape index (κ3) is 11.1. The molecule has 0 saturated carbocycles. The first-order valence-corrected chi connectivity index (χ1v) is 16.1. The van der Waals surface area contributed by atoms with E-state index in [4.69, 9.17) is 11.6 Å². The number of hydrogen-bond donors (Lipinski definition) is 2. The van der Waals surface area contributed by atoms with Crippen LogP contribution >= 0.6 is 23.4 Å². The third-order valence-corrected chi connectivity index (χ3v) is 8.64. The van der Waals surface area contributed by atoms with Gasteiger partial charge in [-0.05, 0) is 43.0 Å². The van der Waals surface area contributed by atoms with Crippen molar-refractivity contribution in [2.75, 3.05) is 17.7 Å². The first-order valence-electron chi connectivity index (χ1n) is 14.7. The van der Waals surface area contributed by atoms with Crippen LogP contribution in [0.5, 0.6) is 0 Å². The van der Waals surface area contributed by atoms with E-state index in [9.17, 15) is 35.1 Å². The summed E-state index contributed by atoms with van der Waals surface area (Å²) < 4.78 is 107. The van der Waals surface area contributed by atoms with E-state index in [1.807, 2.05) is 36.4 Å². The number of anilines is 1. The molecule has 14 heteroatoms. The van der Waals surface area contributed by atoms with Gasteiger partial charge in [-0.2, -0.15) is 40.2 Å². The van der Waals surface area contributed by atoms with Crippen LogP contribution in [0.3, 0.4) is 0 Å². The fraction of sp³-hybridized carbons (Fsp3) is 0.516. The highest BCUT2D eigenvalue weighted by atomic mass is 35.5. The Bertz CT molecular complexity index is 1330. The predicted octanol–water partition coefficient (Wildman–Crippen LogP) is 10.4. The van der Waals surface area contributed by atoms with E-state index in [0.29, 0.717) is 22.5 Å². The fourth-order valence-electron chi connectivity index (χ4n) is 4.85. The van der Waals surface area contributed by atoms with Crippen LogP contribution in [0.1, 0.15) is 73.9 Å². The largest absolute Gasteiger partial charge is 0.459 e. The summed E-state index contributed by atoms with van der Waals surface area (Å²) in [6.45, 7) is 1.57. The zero-order chi connectivity index (χ0) is 33.1. The van der Waals surface area contributed by atoms with Crippen molar-refractivity contribution < 1.29 is 35.1 Å². The summed E-state index contributed by atoms with van der Waals surface area (Å²) in [5.41, 5.74) is -2.76. The number of benzene rings is 2. The van der Waals surface area contributed by atoms with Crippen molar-refractivity contribution in [2.24, 2.45) is 7.05 Å². The molecule has 0 aliphatic carbocycles. The summed E-state index contributed by atoms with van der Waals surface area (Å²) in [6.07, 6.45) is -5.72. The van der Waals surface area contributed by atoms with E-state index in [1.165, 1.54) is 5.56 Å². The van der Waals surface area contributed by atoms with Crippen LogP contribution in [0.2, 0.25) is 5.02 Å². The minimum atomic E-state index is -6.19. The van der Waals surface area contributed by atoms with Crippen LogP contribution in [-0.2, 0) is 32.1 Å². The third-order valence-electron chi connectivity index (χ3n) is 7.21. The molecule has 0 saturated heterocycles. The maximum atomic E-state index is 13.8. The summed E-state index contributed by atoms with van der Waals surface area (Å²) in [6, 6.07) is 16.0. The summed E-state index contributed by atoms with van der Waals surface area (Å²) in [7, 11) is 0.950. The average Bonchev–Trinajstić information content (AvgIpc) is 3.32. The maximum Gasteiger partial charge on any atom is 0.459 e. The second-order valence-corrected chi connectivity index (χ2v) is 12.1. The Balaban J connectivity index is 1.30. The molecule has 0 aliphatic heterocycles. The lowest BCUT2D eigenvalue weighted by Crippen LogP contribution is -2.36. The number of aromatic nitrogens is 2. The Kier molecular flexibility index (Phi) is 13.9. The normalized spacial score (nSPS) is 12.6. The Morgan fingerprint density at radius 2 is 1.44 bits per heavy atom. The Labute approximate surface area is 267 Å². The first-order chi connectivity index (χ1) is 21.2. The van der Waals surface area contributed by atoms with E-state index in [0.717, 1.165) is 68.7 Å². The minimum absolute atomic E-state index is 0.216. The van der Waals surface area contributed by atoms with Gasteiger partial charge in [0.05, 0.1) is 10.7 Å². The molecule has 0 spiro atoms. The van der Waals surface area contributed by atoms with Crippen LogP contribution in [0.4, 0.5) is 40.8 Å². The maximum absolute atomic E-state index is 13.8. The molecule has 3 rings (SSSR count). The van der Waals surface area contributed by atoms with Crippen LogP contribution in [0.15, 0.2) is 53.4 Å². The molecule has 45 heavy (non-hydrogen) atoms. The number of unbranched alkanes of at least 4 members (excludes halogenated alkanes) is 7. The predicted molar refractivity (Wildman–Crippen MR) is 163 cm³/mol. The van der Waals surface area contributed by atoms with Crippen molar-refractivity contribution in [2.45, 2.75) is 87.5 Å². The number of rotatable bonds is 18. The van der Waals surface area contributed by atoms with E-state index >= 15 is 0 Å². The van der Waals surface area contributed by atoms with Gasteiger partial charge in [0.25, 0.3) is 0 Å². The molecule has 2 N–H and O–H groups in total. The van der Waals surface area contributed by atoms with Crippen molar-refractivity contribution >= 4 is 29.1 Å². The van der Waals surface area contributed by atoms with Crippen LogP contribution < -0.4 is 10.6 Å². The molecule has 0 radical (unpaired) electrons. The van der Waals surface area contributed by atoms with Crippen LogP contribution in [0.25, 0.3) is 0 Å². The van der Waals surface area contributed by atoms with Crippen molar-refractivity contribution in [1.29, 1.82) is 0 Å².